The van der Waals surface area contributed by atoms with Gasteiger partial charge in [-0.2, -0.15) is 0 Å². The molecule has 1 unspecified atom stereocenters. The van der Waals surface area contributed by atoms with Crippen molar-refractivity contribution in [3.8, 4) is 0 Å². The Morgan fingerprint density at radius 2 is 1.75 bits per heavy atom. The number of aliphatic carboxylic acids is 2. The van der Waals surface area contributed by atoms with E-state index >= 15 is 0 Å². The molecule has 0 aliphatic rings. The second-order valence-electron chi connectivity index (χ2n) is 3.67. The van der Waals surface area contributed by atoms with E-state index in [4.69, 9.17) is 14.9 Å². The van der Waals surface area contributed by atoms with Crippen LogP contribution in [0.25, 0.3) is 0 Å². The summed E-state index contributed by atoms with van der Waals surface area (Å²) in [5.74, 6) is -2.76. The number of rotatable bonds is 8. The molecule has 0 spiro atoms. The summed E-state index contributed by atoms with van der Waals surface area (Å²) >= 11 is 0. The highest BCUT2D eigenvalue weighted by Crippen LogP contribution is 2.03. The smallest absolute Gasteiger partial charge is 0.333 e. The Kier molecular flexibility index (Phi) is 6.32. The minimum absolute atomic E-state index is 0.0422. The number of hydrogen-bond acceptors (Lipinski definition) is 4. The van der Waals surface area contributed by atoms with Crippen molar-refractivity contribution in [2.45, 2.75) is 32.8 Å². The van der Waals surface area contributed by atoms with Crippen LogP contribution in [-0.2, 0) is 19.1 Å². The summed E-state index contributed by atoms with van der Waals surface area (Å²) in [6.07, 6.45) is -1.90. The van der Waals surface area contributed by atoms with Crippen LogP contribution in [0.5, 0.6) is 0 Å². The zero-order valence-electron chi connectivity index (χ0n) is 9.30. The maximum Gasteiger partial charge on any atom is 0.333 e. The van der Waals surface area contributed by atoms with Gasteiger partial charge in [0.1, 0.15) is 5.78 Å². The Bertz CT molecular complexity index is 270. The van der Waals surface area contributed by atoms with Gasteiger partial charge in [-0.3, -0.25) is 9.59 Å². The molecule has 0 amide bonds. The van der Waals surface area contributed by atoms with Gasteiger partial charge in [-0.25, -0.2) is 4.79 Å². The van der Waals surface area contributed by atoms with E-state index in [0.717, 1.165) is 0 Å². The van der Waals surface area contributed by atoms with Gasteiger partial charge in [0.2, 0.25) is 0 Å². The average Bonchev–Trinajstić information content (AvgIpc) is 2.14. The summed E-state index contributed by atoms with van der Waals surface area (Å²) < 4.78 is 4.83. The number of Topliss-reactive ketones (excluding diaryl/α,β-unsaturated/α-hetero) is 1. The van der Waals surface area contributed by atoms with Gasteiger partial charge in [-0.15, -0.1) is 0 Å². The molecule has 0 aliphatic heterocycles. The van der Waals surface area contributed by atoms with Crippen LogP contribution in [0, 0.1) is 5.92 Å². The maximum absolute atomic E-state index is 11.2. The van der Waals surface area contributed by atoms with Crippen molar-refractivity contribution in [3.05, 3.63) is 0 Å². The van der Waals surface area contributed by atoms with Gasteiger partial charge in [-0.05, 0) is 0 Å². The van der Waals surface area contributed by atoms with Crippen molar-refractivity contribution < 1.29 is 29.3 Å². The van der Waals surface area contributed by atoms with Crippen LogP contribution in [0.2, 0.25) is 0 Å². The van der Waals surface area contributed by atoms with E-state index in [2.05, 4.69) is 0 Å². The second-order valence-corrected chi connectivity index (χ2v) is 3.67. The van der Waals surface area contributed by atoms with Crippen LogP contribution in [0.1, 0.15) is 26.7 Å². The molecule has 0 saturated heterocycles. The molecule has 1 atom stereocenters. The lowest BCUT2D eigenvalue weighted by Gasteiger charge is -2.11. The molecule has 92 valence electrons. The van der Waals surface area contributed by atoms with Crippen molar-refractivity contribution >= 4 is 17.7 Å². The molecule has 0 rings (SSSR count). The molecule has 0 aromatic rings. The third-order valence-electron chi connectivity index (χ3n) is 1.95. The number of ether oxygens (including phenoxy) is 1. The van der Waals surface area contributed by atoms with Gasteiger partial charge < -0.3 is 14.9 Å². The van der Waals surface area contributed by atoms with Gasteiger partial charge >= 0.3 is 11.9 Å². The van der Waals surface area contributed by atoms with Crippen molar-refractivity contribution in [2.75, 3.05) is 6.61 Å². The van der Waals surface area contributed by atoms with Gasteiger partial charge in [0.15, 0.2) is 6.10 Å². The molecule has 2 N–H and O–H groups in total. The number of carboxylic acid groups (broad SMARTS) is 2. The molecule has 0 heterocycles. The molecule has 0 fully saturated rings. The Labute approximate surface area is 93.2 Å². The Morgan fingerprint density at radius 1 is 1.19 bits per heavy atom. The number of carboxylic acids is 2. The molecule has 0 saturated carbocycles. The van der Waals surface area contributed by atoms with Crippen LogP contribution < -0.4 is 0 Å². The lowest BCUT2D eigenvalue weighted by Crippen LogP contribution is -2.28. The molecular formula is C10H16O6. The zero-order chi connectivity index (χ0) is 12.7. The fourth-order valence-corrected chi connectivity index (χ4v) is 0.967. The molecule has 6 nitrogen and oxygen atoms in total. The highest BCUT2D eigenvalue weighted by atomic mass is 16.5. The van der Waals surface area contributed by atoms with E-state index in [0.29, 0.717) is 0 Å². The summed E-state index contributed by atoms with van der Waals surface area (Å²) in [5.41, 5.74) is 0. The fraction of sp³-hybridized carbons (Fsp3) is 0.700. The Hall–Kier alpha value is -1.43. The predicted molar refractivity (Wildman–Crippen MR) is 54.1 cm³/mol. The van der Waals surface area contributed by atoms with E-state index in [1.165, 1.54) is 0 Å². The number of ketones is 1. The Balaban J connectivity index is 3.99. The van der Waals surface area contributed by atoms with E-state index in [1.807, 2.05) is 0 Å². The first-order chi connectivity index (χ1) is 7.34. The van der Waals surface area contributed by atoms with E-state index in [9.17, 15) is 14.4 Å². The predicted octanol–water partition coefficient (Wildman–Crippen LogP) is 0.546. The lowest BCUT2D eigenvalue weighted by molar-refractivity contribution is -0.157. The largest absolute Gasteiger partial charge is 0.481 e. The van der Waals surface area contributed by atoms with Crippen molar-refractivity contribution in [1.29, 1.82) is 0 Å². The number of hydrogen-bond donors (Lipinski definition) is 2. The average molecular weight is 232 g/mol. The highest BCUT2D eigenvalue weighted by Gasteiger charge is 2.21. The first kappa shape index (κ1) is 14.6. The van der Waals surface area contributed by atoms with Crippen LogP contribution >= 0.6 is 0 Å². The second kappa shape index (κ2) is 6.95. The molecule has 0 bridgehead atoms. The summed E-state index contributed by atoms with van der Waals surface area (Å²) in [5, 5.41) is 17.0. The first-order valence-electron chi connectivity index (χ1n) is 4.93. The maximum atomic E-state index is 11.2. The van der Waals surface area contributed by atoms with E-state index in [-0.39, 0.29) is 24.7 Å². The van der Waals surface area contributed by atoms with Crippen LogP contribution in [-0.4, -0.2) is 40.6 Å². The summed E-state index contributed by atoms with van der Waals surface area (Å²) in [6.45, 7) is 3.39. The molecule has 0 radical (unpaired) electrons. The van der Waals surface area contributed by atoms with Crippen LogP contribution in [0.3, 0.4) is 0 Å². The molecular weight excluding hydrogens is 216 g/mol. The molecule has 0 aromatic carbocycles. The molecule has 6 heteroatoms. The third kappa shape index (κ3) is 6.13. The summed E-state index contributed by atoms with van der Waals surface area (Å²) in [7, 11) is 0. The normalized spacial score (nSPS) is 12.4. The highest BCUT2D eigenvalue weighted by molar-refractivity contribution is 5.81. The van der Waals surface area contributed by atoms with Gasteiger partial charge in [0.25, 0.3) is 0 Å². The number of carbonyl (C=O) groups is 3. The lowest BCUT2D eigenvalue weighted by atomic mass is 10.1. The Morgan fingerprint density at radius 3 is 2.12 bits per heavy atom. The number of carbonyl (C=O) groups excluding carboxylic acids is 1. The van der Waals surface area contributed by atoms with Crippen LogP contribution in [0.15, 0.2) is 0 Å². The van der Waals surface area contributed by atoms with E-state index in [1.54, 1.807) is 13.8 Å². The monoisotopic (exact) mass is 232 g/mol. The molecule has 0 aromatic heterocycles. The molecule has 16 heavy (non-hydrogen) atoms. The topological polar surface area (TPSA) is 101 Å². The first-order valence-corrected chi connectivity index (χ1v) is 4.93. The summed E-state index contributed by atoms with van der Waals surface area (Å²) in [4.78, 5) is 32.1. The fourth-order valence-electron chi connectivity index (χ4n) is 0.967. The quantitative estimate of drug-likeness (QED) is 0.633. The standard InChI is InChI=1S/C10H16O6/c1-6(2)7(11)3-4-16-8(10(14)15)5-9(12)13/h6,8H,3-5H2,1-2H3,(H,12,13)(H,14,15). The minimum atomic E-state index is -1.39. The minimum Gasteiger partial charge on any atom is -0.481 e. The van der Waals surface area contributed by atoms with Gasteiger partial charge in [-0.1, -0.05) is 13.8 Å². The molecule has 0 aliphatic carbocycles. The van der Waals surface area contributed by atoms with Crippen molar-refractivity contribution in [2.24, 2.45) is 5.92 Å². The van der Waals surface area contributed by atoms with Crippen molar-refractivity contribution in [3.63, 3.8) is 0 Å². The van der Waals surface area contributed by atoms with Crippen LogP contribution in [0.4, 0.5) is 0 Å². The zero-order valence-corrected chi connectivity index (χ0v) is 9.30. The van der Waals surface area contributed by atoms with Gasteiger partial charge in [0, 0.05) is 12.3 Å². The van der Waals surface area contributed by atoms with Gasteiger partial charge in [0.05, 0.1) is 13.0 Å². The van der Waals surface area contributed by atoms with Crippen molar-refractivity contribution in [1.82, 2.24) is 0 Å². The van der Waals surface area contributed by atoms with E-state index < -0.39 is 24.5 Å². The summed E-state index contributed by atoms with van der Waals surface area (Å²) in [6, 6.07) is 0. The SMILES string of the molecule is CC(C)C(=O)CCOC(CC(=O)O)C(=O)O. The third-order valence-corrected chi connectivity index (χ3v) is 1.95.